The zero-order chi connectivity index (χ0) is 15.2. The first kappa shape index (κ1) is 15.6. The molecule has 0 aliphatic rings. The zero-order valence-corrected chi connectivity index (χ0v) is 12.5. The topological polar surface area (TPSA) is 12.0 Å². The van der Waals surface area contributed by atoms with E-state index in [0.717, 1.165) is 18.5 Å². The second-order valence-corrected chi connectivity index (χ2v) is 5.16. The summed E-state index contributed by atoms with van der Waals surface area (Å²) in [5.74, 6) is -1.59. The number of hydrogen-bond acceptors (Lipinski definition) is 1. The van der Waals surface area contributed by atoms with E-state index < -0.39 is 11.6 Å². The summed E-state index contributed by atoms with van der Waals surface area (Å²) in [4.78, 5) is 0. The van der Waals surface area contributed by atoms with Crippen LogP contribution in [0.1, 0.15) is 36.6 Å². The molecule has 0 aliphatic heterocycles. The lowest BCUT2D eigenvalue weighted by Gasteiger charge is -2.19. The van der Waals surface area contributed by atoms with Crippen LogP contribution in [0.5, 0.6) is 0 Å². The number of likely N-dealkylation sites (N-methyl/N-ethyl adjacent to an activating group) is 1. The van der Waals surface area contributed by atoms with Crippen molar-refractivity contribution < 1.29 is 8.78 Å². The molecule has 1 atom stereocenters. The van der Waals surface area contributed by atoms with E-state index in [9.17, 15) is 8.78 Å². The van der Waals surface area contributed by atoms with Crippen molar-refractivity contribution in [2.75, 3.05) is 6.54 Å². The molecule has 0 radical (unpaired) electrons. The molecular weight excluding hydrogens is 268 g/mol. The van der Waals surface area contributed by atoms with E-state index in [1.54, 1.807) is 6.07 Å². The van der Waals surface area contributed by atoms with Crippen LogP contribution in [0, 0.1) is 11.6 Å². The van der Waals surface area contributed by atoms with Crippen LogP contribution in [-0.2, 0) is 12.8 Å². The highest BCUT2D eigenvalue weighted by Crippen LogP contribution is 2.20. The lowest BCUT2D eigenvalue weighted by atomic mass is 9.97. The van der Waals surface area contributed by atoms with Crippen LogP contribution in [0.2, 0.25) is 0 Å². The minimum absolute atomic E-state index is 0.103. The maximum Gasteiger partial charge on any atom is 0.159 e. The molecule has 0 saturated heterocycles. The number of benzene rings is 2. The predicted molar refractivity (Wildman–Crippen MR) is 82.3 cm³/mol. The van der Waals surface area contributed by atoms with Gasteiger partial charge in [0.2, 0.25) is 0 Å². The quantitative estimate of drug-likeness (QED) is 0.830. The van der Waals surface area contributed by atoms with Crippen LogP contribution < -0.4 is 5.32 Å². The van der Waals surface area contributed by atoms with E-state index in [0.29, 0.717) is 6.42 Å². The molecule has 0 amide bonds. The van der Waals surface area contributed by atoms with E-state index in [4.69, 9.17) is 0 Å². The molecule has 2 rings (SSSR count). The number of nitrogens with one attached hydrogen (secondary N) is 1. The fourth-order valence-corrected chi connectivity index (χ4v) is 2.44. The van der Waals surface area contributed by atoms with Gasteiger partial charge in [0, 0.05) is 6.04 Å². The number of hydrogen-bond donors (Lipinski definition) is 1. The Balaban J connectivity index is 2.19. The third-order valence-corrected chi connectivity index (χ3v) is 3.66. The summed E-state index contributed by atoms with van der Waals surface area (Å²) in [6, 6.07) is 12.6. The summed E-state index contributed by atoms with van der Waals surface area (Å²) in [5, 5.41) is 3.40. The van der Waals surface area contributed by atoms with Crippen molar-refractivity contribution in [3.05, 3.63) is 70.8 Å². The van der Waals surface area contributed by atoms with Gasteiger partial charge >= 0.3 is 0 Å². The normalized spacial score (nSPS) is 12.4. The Kier molecular flexibility index (Phi) is 5.45. The van der Waals surface area contributed by atoms with E-state index in [1.165, 1.54) is 23.3 Å². The van der Waals surface area contributed by atoms with Gasteiger partial charge in [-0.15, -0.1) is 0 Å². The summed E-state index contributed by atoms with van der Waals surface area (Å²) in [6.45, 7) is 4.99. The molecule has 112 valence electrons. The van der Waals surface area contributed by atoms with Crippen molar-refractivity contribution >= 4 is 0 Å². The second kappa shape index (κ2) is 7.32. The lowest BCUT2D eigenvalue weighted by Crippen LogP contribution is -2.23. The average molecular weight is 289 g/mol. The molecule has 0 aliphatic carbocycles. The number of rotatable bonds is 6. The van der Waals surface area contributed by atoms with E-state index in [-0.39, 0.29) is 6.04 Å². The summed E-state index contributed by atoms with van der Waals surface area (Å²) in [6.07, 6.45) is 1.64. The summed E-state index contributed by atoms with van der Waals surface area (Å²) >= 11 is 0. The average Bonchev–Trinajstić information content (AvgIpc) is 2.50. The van der Waals surface area contributed by atoms with Gasteiger partial charge in [-0.2, -0.15) is 0 Å². The predicted octanol–water partition coefficient (Wildman–Crippen LogP) is 4.42. The molecule has 0 saturated carbocycles. The van der Waals surface area contributed by atoms with Crippen LogP contribution in [0.25, 0.3) is 0 Å². The minimum atomic E-state index is -0.800. The molecule has 3 heteroatoms. The number of aryl methyl sites for hydroxylation is 1. The molecule has 2 aromatic rings. The van der Waals surface area contributed by atoms with Crippen molar-refractivity contribution in [1.82, 2.24) is 5.32 Å². The van der Waals surface area contributed by atoms with Gasteiger partial charge in [-0.05, 0) is 48.2 Å². The van der Waals surface area contributed by atoms with Crippen LogP contribution in [0.3, 0.4) is 0 Å². The minimum Gasteiger partial charge on any atom is -0.310 e. The molecular formula is C18H21F2N. The van der Waals surface area contributed by atoms with E-state index in [1.807, 2.05) is 6.92 Å². The third-order valence-electron chi connectivity index (χ3n) is 3.66. The van der Waals surface area contributed by atoms with Gasteiger partial charge in [-0.3, -0.25) is 0 Å². The van der Waals surface area contributed by atoms with Crippen molar-refractivity contribution in [3.8, 4) is 0 Å². The van der Waals surface area contributed by atoms with Crippen LogP contribution in [0.4, 0.5) is 8.78 Å². The van der Waals surface area contributed by atoms with Crippen molar-refractivity contribution in [2.45, 2.75) is 32.7 Å². The van der Waals surface area contributed by atoms with Gasteiger partial charge in [0.25, 0.3) is 0 Å². The Morgan fingerprint density at radius 3 is 2.14 bits per heavy atom. The lowest BCUT2D eigenvalue weighted by molar-refractivity contribution is 0.502. The van der Waals surface area contributed by atoms with Gasteiger partial charge in [0.05, 0.1) is 0 Å². The Hall–Kier alpha value is -1.74. The Bertz CT molecular complexity index is 578. The molecule has 21 heavy (non-hydrogen) atoms. The molecule has 0 bridgehead atoms. The van der Waals surface area contributed by atoms with E-state index >= 15 is 0 Å². The second-order valence-electron chi connectivity index (χ2n) is 5.16. The highest BCUT2D eigenvalue weighted by atomic mass is 19.2. The molecule has 1 nitrogen and oxygen atoms in total. The largest absolute Gasteiger partial charge is 0.310 e. The molecule has 0 spiro atoms. The van der Waals surface area contributed by atoms with Crippen LogP contribution in [0.15, 0.2) is 42.5 Å². The zero-order valence-electron chi connectivity index (χ0n) is 12.5. The summed E-state index contributed by atoms with van der Waals surface area (Å²) < 4.78 is 26.3. The first-order valence-electron chi connectivity index (χ1n) is 7.40. The van der Waals surface area contributed by atoms with Crippen LogP contribution >= 0.6 is 0 Å². The molecule has 1 N–H and O–H groups in total. The van der Waals surface area contributed by atoms with Gasteiger partial charge in [0.15, 0.2) is 11.6 Å². The summed E-state index contributed by atoms with van der Waals surface area (Å²) in [7, 11) is 0. The van der Waals surface area contributed by atoms with Gasteiger partial charge in [-0.1, -0.05) is 44.2 Å². The van der Waals surface area contributed by atoms with Crippen molar-refractivity contribution in [3.63, 3.8) is 0 Å². The maximum absolute atomic E-state index is 13.3. The first-order chi connectivity index (χ1) is 10.1. The highest BCUT2D eigenvalue weighted by molar-refractivity contribution is 5.28. The highest BCUT2D eigenvalue weighted by Gasteiger charge is 2.12. The fraction of sp³-hybridized carbons (Fsp3) is 0.333. The number of halogens is 2. The smallest absolute Gasteiger partial charge is 0.159 e. The molecule has 0 heterocycles. The Morgan fingerprint density at radius 2 is 1.57 bits per heavy atom. The molecule has 1 unspecified atom stereocenters. The Morgan fingerprint density at radius 1 is 0.905 bits per heavy atom. The van der Waals surface area contributed by atoms with Crippen LogP contribution in [-0.4, -0.2) is 6.54 Å². The van der Waals surface area contributed by atoms with Gasteiger partial charge in [-0.25, -0.2) is 8.78 Å². The van der Waals surface area contributed by atoms with Crippen molar-refractivity contribution in [1.29, 1.82) is 0 Å². The van der Waals surface area contributed by atoms with Gasteiger partial charge in [0.1, 0.15) is 0 Å². The molecule has 2 aromatic carbocycles. The van der Waals surface area contributed by atoms with E-state index in [2.05, 4.69) is 36.5 Å². The molecule has 0 fully saturated rings. The molecule has 0 aromatic heterocycles. The standard InChI is InChI=1S/C18H21F2N/c1-3-13-5-8-15(9-6-13)18(21-4-2)12-14-7-10-16(19)17(20)11-14/h5-11,18,21H,3-4,12H2,1-2H3. The third kappa shape index (κ3) is 4.11. The fourth-order valence-electron chi connectivity index (χ4n) is 2.44. The van der Waals surface area contributed by atoms with Crippen molar-refractivity contribution in [2.24, 2.45) is 0 Å². The SMILES string of the molecule is CCNC(Cc1ccc(F)c(F)c1)c1ccc(CC)cc1. The summed E-state index contributed by atoms with van der Waals surface area (Å²) in [5.41, 5.74) is 3.25. The Labute approximate surface area is 125 Å². The maximum atomic E-state index is 13.3. The monoisotopic (exact) mass is 289 g/mol. The van der Waals surface area contributed by atoms with Gasteiger partial charge < -0.3 is 5.32 Å². The first-order valence-corrected chi connectivity index (χ1v) is 7.40.